The Hall–Kier alpha value is -2.15. The van der Waals surface area contributed by atoms with Gasteiger partial charge in [0.2, 0.25) is 5.89 Å². The van der Waals surface area contributed by atoms with Gasteiger partial charge in [0.1, 0.15) is 5.76 Å². The van der Waals surface area contributed by atoms with Crippen LogP contribution in [0.3, 0.4) is 0 Å². The van der Waals surface area contributed by atoms with Gasteiger partial charge in [-0.1, -0.05) is 24.3 Å². The summed E-state index contributed by atoms with van der Waals surface area (Å²) >= 11 is 0. The molecule has 166 valence electrons. The third kappa shape index (κ3) is 5.76. The number of oxazole rings is 1. The molecule has 0 radical (unpaired) electrons. The summed E-state index contributed by atoms with van der Waals surface area (Å²) in [7, 11) is -3.18. The van der Waals surface area contributed by atoms with Crippen molar-refractivity contribution in [3.63, 3.8) is 0 Å². The van der Waals surface area contributed by atoms with E-state index in [1.54, 1.807) is 12.1 Å². The summed E-state index contributed by atoms with van der Waals surface area (Å²) in [4.78, 5) is 7.59. The van der Waals surface area contributed by atoms with Crippen LogP contribution in [-0.2, 0) is 16.3 Å². The molecule has 1 aliphatic rings. The van der Waals surface area contributed by atoms with Crippen molar-refractivity contribution in [2.24, 2.45) is 0 Å². The third-order valence-corrected chi connectivity index (χ3v) is 6.86. The molecule has 7 heteroatoms. The fourth-order valence-electron chi connectivity index (χ4n) is 3.96. The SMILES string of the molecule is Cc1oc(-c2ccc(-c3ccc(S(C)(=O)=O)cc3)cc2)nc1CCCN1CCCC1.Cl. The molecule has 1 aliphatic heterocycles. The smallest absolute Gasteiger partial charge is 0.226 e. The Morgan fingerprint density at radius 2 is 1.48 bits per heavy atom. The Morgan fingerprint density at radius 3 is 2.06 bits per heavy atom. The molecule has 0 amide bonds. The van der Waals surface area contributed by atoms with Crippen molar-refractivity contribution in [3.8, 4) is 22.6 Å². The van der Waals surface area contributed by atoms with Gasteiger partial charge >= 0.3 is 0 Å². The van der Waals surface area contributed by atoms with E-state index < -0.39 is 9.84 Å². The Morgan fingerprint density at radius 1 is 0.935 bits per heavy atom. The van der Waals surface area contributed by atoms with Gasteiger partial charge in [0.25, 0.3) is 0 Å². The molecule has 4 rings (SSSR count). The van der Waals surface area contributed by atoms with E-state index in [1.165, 1.54) is 32.2 Å². The van der Waals surface area contributed by atoms with E-state index in [0.29, 0.717) is 10.8 Å². The predicted molar refractivity (Wildman–Crippen MR) is 126 cm³/mol. The molecule has 1 aromatic heterocycles. The summed E-state index contributed by atoms with van der Waals surface area (Å²) in [6, 6.07) is 15.0. The molecule has 0 spiro atoms. The van der Waals surface area contributed by atoms with Crippen LogP contribution in [-0.4, -0.2) is 44.2 Å². The lowest BCUT2D eigenvalue weighted by molar-refractivity contribution is 0.333. The zero-order chi connectivity index (χ0) is 21.1. The summed E-state index contributed by atoms with van der Waals surface area (Å²) in [6.45, 7) is 5.58. The first kappa shape index (κ1) is 23.5. The van der Waals surface area contributed by atoms with Crippen molar-refractivity contribution < 1.29 is 12.8 Å². The van der Waals surface area contributed by atoms with Gasteiger partial charge in [0.15, 0.2) is 9.84 Å². The molecule has 0 aliphatic carbocycles. The molecule has 2 heterocycles. The third-order valence-electron chi connectivity index (χ3n) is 5.73. The topological polar surface area (TPSA) is 63.4 Å². The van der Waals surface area contributed by atoms with Gasteiger partial charge in [-0.15, -0.1) is 12.4 Å². The number of likely N-dealkylation sites (tertiary alicyclic amines) is 1. The van der Waals surface area contributed by atoms with Gasteiger partial charge < -0.3 is 9.32 Å². The fraction of sp³-hybridized carbons (Fsp3) is 0.375. The number of aromatic nitrogens is 1. The van der Waals surface area contributed by atoms with E-state index >= 15 is 0 Å². The highest BCUT2D eigenvalue weighted by molar-refractivity contribution is 7.90. The normalized spacial score (nSPS) is 14.5. The zero-order valence-electron chi connectivity index (χ0n) is 18.0. The van der Waals surface area contributed by atoms with E-state index in [1.807, 2.05) is 43.3 Å². The molecule has 3 aromatic rings. The van der Waals surface area contributed by atoms with E-state index in [0.717, 1.165) is 47.5 Å². The monoisotopic (exact) mass is 460 g/mol. The second-order valence-electron chi connectivity index (χ2n) is 8.05. The molecule has 0 saturated carbocycles. The minimum absolute atomic E-state index is 0. The minimum Gasteiger partial charge on any atom is -0.441 e. The van der Waals surface area contributed by atoms with Gasteiger partial charge in [-0.05, 0) is 87.6 Å². The molecule has 2 aromatic carbocycles. The van der Waals surface area contributed by atoms with Crippen molar-refractivity contribution in [2.75, 3.05) is 25.9 Å². The van der Waals surface area contributed by atoms with Crippen molar-refractivity contribution in [2.45, 2.75) is 37.5 Å². The Balaban J connectivity index is 0.00000272. The summed E-state index contributed by atoms with van der Waals surface area (Å²) in [5, 5.41) is 0. The lowest BCUT2D eigenvalue weighted by Crippen LogP contribution is -2.20. The molecule has 1 saturated heterocycles. The molecular formula is C24H29ClN2O3S. The highest BCUT2D eigenvalue weighted by Crippen LogP contribution is 2.27. The van der Waals surface area contributed by atoms with Crippen molar-refractivity contribution in [1.82, 2.24) is 9.88 Å². The van der Waals surface area contributed by atoms with Crippen molar-refractivity contribution >= 4 is 22.2 Å². The highest BCUT2D eigenvalue weighted by Gasteiger charge is 2.14. The van der Waals surface area contributed by atoms with Crippen LogP contribution in [0.25, 0.3) is 22.6 Å². The Kier molecular flexibility index (Phi) is 7.57. The molecule has 31 heavy (non-hydrogen) atoms. The number of benzene rings is 2. The average Bonchev–Trinajstić information content (AvgIpc) is 3.38. The maximum Gasteiger partial charge on any atom is 0.226 e. The van der Waals surface area contributed by atoms with Crippen LogP contribution < -0.4 is 0 Å². The number of sulfone groups is 1. The summed E-state index contributed by atoms with van der Waals surface area (Å²) < 4.78 is 29.2. The second-order valence-corrected chi connectivity index (χ2v) is 10.1. The lowest BCUT2D eigenvalue weighted by Gasteiger charge is -2.13. The van der Waals surface area contributed by atoms with E-state index in [-0.39, 0.29) is 12.4 Å². The van der Waals surface area contributed by atoms with Gasteiger partial charge in [0, 0.05) is 11.8 Å². The summed E-state index contributed by atoms with van der Waals surface area (Å²) in [5.41, 5.74) is 3.98. The van der Waals surface area contributed by atoms with Crippen LogP contribution in [0.4, 0.5) is 0 Å². The highest BCUT2D eigenvalue weighted by atomic mass is 35.5. The first-order valence-electron chi connectivity index (χ1n) is 10.5. The molecule has 0 atom stereocenters. The molecule has 0 N–H and O–H groups in total. The average molecular weight is 461 g/mol. The van der Waals surface area contributed by atoms with Crippen LogP contribution in [0.15, 0.2) is 57.8 Å². The van der Waals surface area contributed by atoms with E-state index in [4.69, 9.17) is 9.40 Å². The lowest BCUT2D eigenvalue weighted by atomic mass is 10.0. The largest absolute Gasteiger partial charge is 0.441 e. The van der Waals surface area contributed by atoms with E-state index in [9.17, 15) is 8.42 Å². The number of halogens is 1. The predicted octanol–water partition coefficient (Wildman–Crippen LogP) is 5.17. The molecule has 5 nitrogen and oxygen atoms in total. The number of hydrogen-bond acceptors (Lipinski definition) is 5. The quantitative estimate of drug-likeness (QED) is 0.486. The number of aryl methyl sites for hydroxylation is 2. The van der Waals surface area contributed by atoms with Gasteiger partial charge in [-0.2, -0.15) is 0 Å². The number of rotatable bonds is 7. The van der Waals surface area contributed by atoms with Gasteiger partial charge in [-0.25, -0.2) is 13.4 Å². The maximum absolute atomic E-state index is 11.6. The maximum atomic E-state index is 11.6. The second kappa shape index (κ2) is 9.98. The summed E-state index contributed by atoms with van der Waals surface area (Å²) in [5.74, 6) is 1.55. The van der Waals surface area contributed by atoms with Crippen LogP contribution in [0.2, 0.25) is 0 Å². The van der Waals surface area contributed by atoms with Crippen molar-refractivity contribution in [3.05, 3.63) is 60.0 Å². The molecule has 0 unspecified atom stereocenters. The summed E-state index contributed by atoms with van der Waals surface area (Å²) in [6.07, 6.45) is 5.91. The van der Waals surface area contributed by atoms with Crippen LogP contribution >= 0.6 is 12.4 Å². The van der Waals surface area contributed by atoms with Gasteiger partial charge in [0.05, 0.1) is 10.6 Å². The fourth-order valence-corrected chi connectivity index (χ4v) is 4.59. The van der Waals surface area contributed by atoms with Crippen LogP contribution in [0, 0.1) is 6.92 Å². The van der Waals surface area contributed by atoms with Gasteiger partial charge in [-0.3, -0.25) is 0 Å². The van der Waals surface area contributed by atoms with E-state index in [2.05, 4.69) is 4.90 Å². The Labute approximate surface area is 190 Å². The minimum atomic E-state index is -3.18. The van der Waals surface area contributed by atoms with Crippen molar-refractivity contribution in [1.29, 1.82) is 0 Å². The standard InChI is InChI=1S/C24H28N2O3S.ClH/c1-18-23(6-5-17-26-15-3-4-16-26)25-24(29-18)21-9-7-19(8-10-21)20-11-13-22(14-12-20)30(2,27)28;/h7-14H,3-6,15-17H2,1-2H3;1H. The first-order chi connectivity index (χ1) is 14.4. The molecular weight excluding hydrogens is 432 g/mol. The van der Waals surface area contributed by atoms with Crippen LogP contribution in [0.5, 0.6) is 0 Å². The zero-order valence-corrected chi connectivity index (χ0v) is 19.6. The Bertz CT molecular complexity index is 1100. The molecule has 1 fully saturated rings. The first-order valence-corrected chi connectivity index (χ1v) is 12.4. The number of nitrogens with zero attached hydrogens (tertiary/aromatic N) is 2. The molecule has 0 bridgehead atoms. The van der Waals surface area contributed by atoms with Crippen LogP contribution in [0.1, 0.15) is 30.7 Å². The number of hydrogen-bond donors (Lipinski definition) is 0.